The third kappa shape index (κ3) is 4.24. The van der Waals surface area contributed by atoms with Gasteiger partial charge in [-0.15, -0.1) is 11.3 Å². The van der Waals surface area contributed by atoms with Crippen molar-refractivity contribution >= 4 is 33.8 Å². The van der Waals surface area contributed by atoms with Crippen LogP contribution < -0.4 is 10.6 Å². The number of nitrogens with zero attached hydrogens (tertiary/aromatic N) is 1. The number of amides is 1. The fourth-order valence-electron chi connectivity index (χ4n) is 2.64. The Morgan fingerprint density at radius 1 is 0.857 bits per heavy atom. The first kappa shape index (κ1) is 17.9. The number of anilines is 3. The second kappa shape index (κ2) is 8.02. The van der Waals surface area contributed by atoms with Gasteiger partial charge in [0, 0.05) is 27.9 Å². The van der Waals surface area contributed by atoms with Crippen molar-refractivity contribution in [2.75, 3.05) is 10.6 Å². The van der Waals surface area contributed by atoms with E-state index in [0.717, 1.165) is 27.8 Å². The van der Waals surface area contributed by atoms with Gasteiger partial charge in [0.2, 0.25) is 0 Å². The number of carbonyl (C=O) groups excluding carboxylic acids is 1. The van der Waals surface area contributed by atoms with Crippen molar-refractivity contribution in [3.63, 3.8) is 0 Å². The van der Waals surface area contributed by atoms with E-state index < -0.39 is 0 Å². The Kier molecular flexibility index (Phi) is 5.12. The highest BCUT2D eigenvalue weighted by Crippen LogP contribution is 2.28. The van der Waals surface area contributed by atoms with Crippen molar-refractivity contribution in [1.82, 2.24) is 4.98 Å². The van der Waals surface area contributed by atoms with Crippen LogP contribution in [0.15, 0.2) is 84.2 Å². The predicted molar refractivity (Wildman–Crippen MR) is 112 cm³/mol. The average molecular weight is 389 g/mol. The van der Waals surface area contributed by atoms with Crippen molar-refractivity contribution in [3.05, 3.63) is 95.6 Å². The number of thiazole rings is 1. The van der Waals surface area contributed by atoms with E-state index >= 15 is 0 Å². The molecule has 0 fully saturated rings. The molecule has 4 aromatic rings. The molecule has 6 heteroatoms. The molecule has 1 aromatic heterocycles. The highest BCUT2D eigenvalue weighted by Gasteiger charge is 2.08. The lowest BCUT2D eigenvalue weighted by molar-refractivity contribution is 0.102. The normalized spacial score (nSPS) is 10.5. The van der Waals surface area contributed by atoms with Gasteiger partial charge in [0.15, 0.2) is 5.13 Å². The summed E-state index contributed by atoms with van der Waals surface area (Å²) in [4.78, 5) is 16.8. The predicted octanol–water partition coefficient (Wildman–Crippen LogP) is 5.95. The summed E-state index contributed by atoms with van der Waals surface area (Å²) in [7, 11) is 0. The molecule has 0 saturated carbocycles. The monoisotopic (exact) mass is 389 g/mol. The summed E-state index contributed by atoms with van der Waals surface area (Å²) in [5.74, 6) is -0.419. The van der Waals surface area contributed by atoms with Gasteiger partial charge in [-0.1, -0.05) is 30.3 Å². The molecule has 1 amide bonds. The molecule has 0 aliphatic heterocycles. The number of rotatable bonds is 5. The fourth-order valence-corrected chi connectivity index (χ4v) is 3.38. The van der Waals surface area contributed by atoms with Crippen LogP contribution in [0.5, 0.6) is 0 Å². The van der Waals surface area contributed by atoms with E-state index in [9.17, 15) is 9.18 Å². The number of benzene rings is 3. The van der Waals surface area contributed by atoms with E-state index in [2.05, 4.69) is 15.6 Å². The summed E-state index contributed by atoms with van der Waals surface area (Å²) < 4.78 is 13.0. The SMILES string of the molecule is O=C(Nc1ccc(-c2csc(Nc3ccc(F)cc3)n2)cc1)c1ccccc1. The third-order valence-electron chi connectivity index (χ3n) is 4.07. The number of aromatic nitrogens is 1. The molecule has 2 N–H and O–H groups in total. The van der Waals surface area contributed by atoms with E-state index in [1.54, 1.807) is 24.3 Å². The quantitative estimate of drug-likeness (QED) is 0.444. The Morgan fingerprint density at radius 3 is 2.25 bits per heavy atom. The number of carbonyl (C=O) groups is 1. The molecule has 0 aliphatic rings. The Bertz CT molecular complexity index is 1080. The summed E-state index contributed by atoms with van der Waals surface area (Å²) >= 11 is 1.47. The largest absolute Gasteiger partial charge is 0.332 e. The van der Waals surface area contributed by atoms with Crippen molar-refractivity contribution in [2.24, 2.45) is 0 Å². The van der Waals surface area contributed by atoms with Crippen LogP contribution in [0.25, 0.3) is 11.3 Å². The molecular weight excluding hydrogens is 373 g/mol. The van der Waals surface area contributed by atoms with Gasteiger partial charge in [-0.25, -0.2) is 9.37 Å². The maximum absolute atomic E-state index is 13.0. The van der Waals surface area contributed by atoms with Crippen molar-refractivity contribution in [1.29, 1.82) is 0 Å². The van der Waals surface area contributed by atoms with Crippen LogP contribution in [-0.4, -0.2) is 10.9 Å². The zero-order chi connectivity index (χ0) is 19.3. The van der Waals surface area contributed by atoms with Crippen LogP contribution in [0, 0.1) is 5.82 Å². The van der Waals surface area contributed by atoms with Crippen molar-refractivity contribution in [3.8, 4) is 11.3 Å². The van der Waals surface area contributed by atoms with Crippen LogP contribution in [-0.2, 0) is 0 Å². The maximum atomic E-state index is 13.0. The van der Waals surface area contributed by atoms with E-state index in [1.807, 2.05) is 47.8 Å². The number of hydrogen-bond donors (Lipinski definition) is 2. The molecule has 0 spiro atoms. The Balaban J connectivity index is 1.43. The van der Waals surface area contributed by atoms with Crippen LogP contribution in [0.1, 0.15) is 10.4 Å². The Labute approximate surface area is 165 Å². The lowest BCUT2D eigenvalue weighted by Gasteiger charge is -2.06. The first-order chi connectivity index (χ1) is 13.7. The zero-order valence-corrected chi connectivity index (χ0v) is 15.5. The van der Waals surface area contributed by atoms with E-state index in [1.165, 1.54) is 23.5 Å². The Morgan fingerprint density at radius 2 is 1.54 bits per heavy atom. The van der Waals surface area contributed by atoms with Crippen LogP contribution >= 0.6 is 11.3 Å². The molecule has 3 aromatic carbocycles. The van der Waals surface area contributed by atoms with Gasteiger partial charge in [-0.05, 0) is 48.5 Å². The minimum Gasteiger partial charge on any atom is -0.332 e. The lowest BCUT2D eigenvalue weighted by Crippen LogP contribution is -2.11. The molecule has 138 valence electrons. The fraction of sp³-hybridized carbons (Fsp3) is 0. The van der Waals surface area contributed by atoms with Gasteiger partial charge in [-0.3, -0.25) is 4.79 Å². The lowest BCUT2D eigenvalue weighted by atomic mass is 10.1. The van der Waals surface area contributed by atoms with Gasteiger partial charge in [-0.2, -0.15) is 0 Å². The van der Waals surface area contributed by atoms with Crippen molar-refractivity contribution < 1.29 is 9.18 Å². The third-order valence-corrected chi connectivity index (χ3v) is 4.83. The standard InChI is InChI=1S/C22H16FN3OS/c23-17-8-12-19(13-9-17)25-22-26-20(14-28-22)15-6-10-18(11-7-15)24-21(27)16-4-2-1-3-5-16/h1-14H,(H,24,27)(H,25,26). The van der Waals surface area contributed by atoms with Gasteiger partial charge in [0.25, 0.3) is 5.91 Å². The van der Waals surface area contributed by atoms with Crippen LogP contribution in [0.4, 0.5) is 20.9 Å². The highest BCUT2D eigenvalue weighted by molar-refractivity contribution is 7.14. The van der Waals surface area contributed by atoms with Crippen LogP contribution in [0.3, 0.4) is 0 Å². The summed E-state index contributed by atoms with van der Waals surface area (Å²) in [6.07, 6.45) is 0. The van der Waals surface area contributed by atoms with Gasteiger partial charge < -0.3 is 10.6 Å². The number of nitrogens with one attached hydrogen (secondary N) is 2. The summed E-state index contributed by atoms with van der Waals surface area (Å²) in [6.45, 7) is 0. The van der Waals surface area contributed by atoms with Gasteiger partial charge in [0.05, 0.1) is 5.69 Å². The first-order valence-electron chi connectivity index (χ1n) is 8.62. The van der Waals surface area contributed by atoms with Gasteiger partial charge in [0.1, 0.15) is 5.82 Å². The summed E-state index contributed by atoms with van der Waals surface area (Å²) in [5, 5.41) is 8.71. The molecule has 4 rings (SSSR count). The van der Waals surface area contributed by atoms with Crippen molar-refractivity contribution in [2.45, 2.75) is 0 Å². The second-order valence-corrected chi connectivity index (χ2v) is 6.93. The molecule has 4 nitrogen and oxygen atoms in total. The van der Waals surface area contributed by atoms with Gasteiger partial charge >= 0.3 is 0 Å². The van der Waals surface area contributed by atoms with E-state index in [0.29, 0.717) is 5.56 Å². The maximum Gasteiger partial charge on any atom is 0.255 e. The minimum atomic E-state index is -0.273. The molecule has 0 saturated heterocycles. The molecule has 0 unspecified atom stereocenters. The molecule has 0 aliphatic carbocycles. The molecule has 0 radical (unpaired) electrons. The molecule has 28 heavy (non-hydrogen) atoms. The number of halogens is 1. The number of hydrogen-bond acceptors (Lipinski definition) is 4. The Hall–Kier alpha value is -3.51. The second-order valence-electron chi connectivity index (χ2n) is 6.07. The summed E-state index contributed by atoms with van der Waals surface area (Å²) in [6, 6.07) is 22.7. The van der Waals surface area contributed by atoms with E-state index in [4.69, 9.17) is 0 Å². The first-order valence-corrected chi connectivity index (χ1v) is 9.50. The topological polar surface area (TPSA) is 54.0 Å². The average Bonchev–Trinajstić information content (AvgIpc) is 3.19. The molecule has 0 bridgehead atoms. The van der Waals surface area contributed by atoms with E-state index in [-0.39, 0.29) is 11.7 Å². The van der Waals surface area contributed by atoms with Crippen LogP contribution in [0.2, 0.25) is 0 Å². The highest BCUT2D eigenvalue weighted by atomic mass is 32.1. The zero-order valence-electron chi connectivity index (χ0n) is 14.7. The molecule has 0 atom stereocenters. The smallest absolute Gasteiger partial charge is 0.255 e. The molecule has 1 heterocycles. The molecular formula is C22H16FN3OS. The summed E-state index contributed by atoms with van der Waals surface area (Å²) in [5.41, 5.74) is 3.89. The minimum absolute atomic E-state index is 0.146.